The molecule has 198 valence electrons. The highest BCUT2D eigenvalue weighted by atomic mass is 32.2. The molecule has 2 aliphatic rings. The van der Waals surface area contributed by atoms with Crippen molar-refractivity contribution in [1.82, 2.24) is 4.31 Å². The Hall–Kier alpha value is -3.88. The minimum Gasteiger partial charge on any atom is -0.277 e. The quantitative estimate of drug-likeness (QED) is 0.490. The van der Waals surface area contributed by atoms with Crippen LogP contribution in [0.1, 0.15) is 42.5 Å². The lowest BCUT2D eigenvalue weighted by molar-refractivity contribution is -0.137. The van der Waals surface area contributed by atoms with E-state index in [1.54, 1.807) is 6.07 Å². The zero-order valence-electron chi connectivity index (χ0n) is 19.9. The number of halogens is 3. The van der Waals surface area contributed by atoms with E-state index in [2.05, 4.69) is 4.85 Å². The van der Waals surface area contributed by atoms with E-state index in [0.717, 1.165) is 24.5 Å². The van der Waals surface area contributed by atoms with E-state index in [0.29, 0.717) is 15.3 Å². The summed E-state index contributed by atoms with van der Waals surface area (Å²) in [4.78, 5) is 17.5. The van der Waals surface area contributed by atoms with Crippen molar-refractivity contribution in [3.8, 4) is 6.07 Å². The average Bonchev–Trinajstić information content (AvgIpc) is 3.69. The number of sulfone groups is 1. The van der Waals surface area contributed by atoms with Gasteiger partial charge in [-0.15, -0.1) is 0 Å². The summed E-state index contributed by atoms with van der Waals surface area (Å²) < 4.78 is 93.1. The summed E-state index contributed by atoms with van der Waals surface area (Å²) in [5.41, 5.74) is -2.23. The van der Waals surface area contributed by atoms with Crippen molar-refractivity contribution in [2.45, 2.75) is 42.1 Å². The minimum absolute atomic E-state index is 0.0523. The van der Waals surface area contributed by atoms with Gasteiger partial charge in [0.05, 0.1) is 33.9 Å². The fourth-order valence-electron chi connectivity index (χ4n) is 4.25. The van der Waals surface area contributed by atoms with Gasteiger partial charge in [-0.2, -0.15) is 18.4 Å². The molecule has 14 heteroatoms. The molecule has 0 bridgehead atoms. The number of hydrogen-bond acceptors (Lipinski definition) is 6. The molecule has 1 aliphatic carbocycles. The number of alkyl halides is 3. The fraction of sp³-hybridized carbons (Fsp3) is 0.292. The molecule has 0 N–H and O–H groups in total. The van der Waals surface area contributed by atoms with Crippen LogP contribution in [0, 0.1) is 17.9 Å². The van der Waals surface area contributed by atoms with E-state index in [9.17, 15) is 40.1 Å². The van der Waals surface area contributed by atoms with E-state index in [4.69, 9.17) is 6.57 Å². The van der Waals surface area contributed by atoms with Crippen LogP contribution in [0.5, 0.6) is 0 Å². The number of carbonyl (C=O) groups excluding carboxylic acids is 1. The number of rotatable bonds is 5. The number of hydrogen-bond donors (Lipinski definition) is 0. The third-order valence-electron chi connectivity index (χ3n) is 6.19. The average molecular weight is 565 g/mol. The summed E-state index contributed by atoms with van der Waals surface area (Å²) >= 11 is 0. The monoisotopic (exact) mass is 564 g/mol. The van der Waals surface area contributed by atoms with Crippen LogP contribution in [-0.4, -0.2) is 38.7 Å². The number of benzene rings is 2. The third-order valence-corrected chi connectivity index (χ3v) is 9.57. The summed E-state index contributed by atoms with van der Waals surface area (Å²) in [6.07, 6.45) is -3.50. The highest BCUT2D eigenvalue weighted by Gasteiger charge is 2.52. The number of nitrogens with zero attached hydrogens (tertiary/aromatic N) is 4. The Morgan fingerprint density at radius 3 is 2.29 bits per heavy atom. The second-order valence-electron chi connectivity index (χ2n) is 8.83. The maximum Gasteiger partial charge on any atom is 0.416 e. The molecule has 0 unspecified atom stereocenters. The number of amides is 2. The van der Waals surface area contributed by atoms with Crippen LogP contribution in [0.2, 0.25) is 0 Å². The topological polar surface area (TPSA) is 120 Å². The summed E-state index contributed by atoms with van der Waals surface area (Å²) in [5, 5.41) is 8.28. The Bertz CT molecular complexity index is 1680. The molecule has 1 heterocycles. The number of urea groups is 1. The molecule has 0 radical (unpaired) electrons. The van der Waals surface area contributed by atoms with Crippen LogP contribution in [0.3, 0.4) is 0 Å². The van der Waals surface area contributed by atoms with Crippen molar-refractivity contribution in [3.05, 3.63) is 82.0 Å². The number of carbonyl (C=O) groups is 1. The van der Waals surface area contributed by atoms with Gasteiger partial charge in [0.25, 0.3) is 0 Å². The maximum atomic E-state index is 13.9. The van der Waals surface area contributed by atoms with Gasteiger partial charge in [-0.1, -0.05) is 12.1 Å². The van der Waals surface area contributed by atoms with Crippen molar-refractivity contribution in [2.24, 2.45) is 0 Å². The van der Waals surface area contributed by atoms with Gasteiger partial charge in [-0.25, -0.2) is 30.8 Å². The zero-order chi connectivity index (χ0) is 28.2. The zero-order valence-corrected chi connectivity index (χ0v) is 21.5. The molecule has 1 saturated carbocycles. The van der Waals surface area contributed by atoms with Gasteiger partial charge in [0.1, 0.15) is 6.04 Å². The third kappa shape index (κ3) is 4.61. The summed E-state index contributed by atoms with van der Waals surface area (Å²) in [7, 11) is -8.57. The van der Waals surface area contributed by atoms with E-state index in [1.165, 1.54) is 25.1 Å². The molecule has 1 aliphatic heterocycles. The van der Waals surface area contributed by atoms with Gasteiger partial charge in [-0.3, -0.25) is 4.90 Å². The molecule has 1 fully saturated rings. The van der Waals surface area contributed by atoms with Crippen molar-refractivity contribution in [3.63, 3.8) is 0 Å². The number of nitriles is 1. The molecule has 38 heavy (non-hydrogen) atoms. The van der Waals surface area contributed by atoms with Gasteiger partial charge in [0, 0.05) is 17.6 Å². The second kappa shape index (κ2) is 9.15. The molecular formula is C24H19F3N4O5S2. The molecule has 0 aromatic heterocycles. The Morgan fingerprint density at radius 1 is 1.11 bits per heavy atom. The van der Waals surface area contributed by atoms with Gasteiger partial charge < -0.3 is 0 Å². The van der Waals surface area contributed by atoms with E-state index in [1.807, 2.05) is 0 Å². The molecular weight excluding hydrogens is 545 g/mol. The number of anilines is 1. The molecule has 2 aromatic carbocycles. The largest absolute Gasteiger partial charge is 0.416 e. The van der Waals surface area contributed by atoms with E-state index in [-0.39, 0.29) is 41.1 Å². The van der Waals surface area contributed by atoms with Crippen molar-refractivity contribution < 1.29 is 34.8 Å². The summed E-state index contributed by atoms with van der Waals surface area (Å²) in [6, 6.07) is 5.90. The number of allylic oxidation sites excluding steroid dienone is 1. The van der Waals surface area contributed by atoms with Crippen LogP contribution >= 0.6 is 0 Å². The first kappa shape index (κ1) is 27.2. The summed E-state index contributed by atoms with van der Waals surface area (Å²) in [6.45, 7) is 9.08. The Kier molecular flexibility index (Phi) is 6.54. The lowest BCUT2D eigenvalue weighted by Gasteiger charge is -2.41. The molecule has 0 spiro atoms. The SMILES string of the molecule is [C-]#[N+]C1=C(C)N(c2cccc(C(F)(F)F)c2)C(=O)N(S(=O)(=O)C2CC2)[C@@H]1c1ccc(C#N)cc1S(C)(=O)=O. The van der Waals surface area contributed by atoms with Crippen LogP contribution in [-0.2, 0) is 26.0 Å². The van der Waals surface area contributed by atoms with E-state index >= 15 is 0 Å². The van der Waals surface area contributed by atoms with Gasteiger partial charge in [-0.05, 0) is 55.7 Å². The molecule has 1 atom stereocenters. The Morgan fingerprint density at radius 2 is 1.76 bits per heavy atom. The Labute approximate surface area is 217 Å². The van der Waals surface area contributed by atoms with Crippen molar-refractivity contribution in [1.29, 1.82) is 5.26 Å². The Balaban J connectivity index is 2.05. The second-order valence-corrected chi connectivity index (χ2v) is 12.9. The summed E-state index contributed by atoms with van der Waals surface area (Å²) in [5.74, 6) is 0. The lowest BCUT2D eigenvalue weighted by Crippen LogP contribution is -2.53. The first-order valence-electron chi connectivity index (χ1n) is 11.0. The van der Waals surface area contributed by atoms with Crippen LogP contribution in [0.4, 0.5) is 23.7 Å². The molecule has 2 aromatic rings. The van der Waals surface area contributed by atoms with Crippen molar-refractivity contribution >= 4 is 31.6 Å². The lowest BCUT2D eigenvalue weighted by atomic mass is 9.98. The van der Waals surface area contributed by atoms with Crippen LogP contribution in [0.15, 0.2) is 58.8 Å². The first-order valence-corrected chi connectivity index (χ1v) is 14.4. The predicted octanol–water partition coefficient (Wildman–Crippen LogP) is 4.61. The van der Waals surface area contributed by atoms with Crippen LogP contribution < -0.4 is 4.90 Å². The van der Waals surface area contributed by atoms with Gasteiger partial charge in [0.15, 0.2) is 9.84 Å². The molecule has 2 amide bonds. The first-order chi connectivity index (χ1) is 17.6. The fourth-order valence-corrected chi connectivity index (χ4v) is 7.06. The minimum atomic E-state index is -4.76. The highest BCUT2D eigenvalue weighted by molar-refractivity contribution is 7.91. The van der Waals surface area contributed by atoms with Crippen molar-refractivity contribution in [2.75, 3.05) is 11.2 Å². The standard InChI is InChI=1S/C24H19F3N4O5S2/c1-14-21(29-2)22(19-10-7-15(13-28)11-20(19)37(3,33)34)31(38(35,36)18-8-9-18)23(32)30(14)17-6-4-5-16(12-17)24(25,26)27/h4-7,10-12,18,22H,8-9H2,1,3H3/t22-/m1/s1. The smallest absolute Gasteiger partial charge is 0.277 e. The highest BCUT2D eigenvalue weighted by Crippen LogP contribution is 2.46. The van der Waals surface area contributed by atoms with E-state index < -0.39 is 53.8 Å². The molecule has 0 saturated heterocycles. The van der Waals surface area contributed by atoms with Crippen LogP contribution in [0.25, 0.3) is 4.85 Å². The molecule has 4 rings (SSSR count). The van der Waals surface area contributed by atoms with Gasteiger partial charge >= 0.3 is 12.2 Å². The maximum absolute atomic E-state index is 13.9. The molecule has 9 nitrogen and oxygen atoms in total. The number of sulfonamides is 1. The van der Waals surface area contributed by atoms with Gasteiger partial charge in [0.2, 0.25) is 15.7 Å². The predicted molar refractivity (Wildman–Crippen MR) is 129 cm³/mol. The normalized spacial score (nSPS) is 18.8.